The summed E-state index contributed by atoms with van der Waals surface area (Å²) in [5, 5.41) is 9.82. The molecule has 0 radical (unpaired) electrons. The Morgan fingerprint density at radius 1 is 1.57 bits per heavy atom. The van der Waals surface area contributed by atoms with Gasteiger partial charge in [0.05, 0.1) is 15.6 Å². The molecule has 2 rings (SSSR count). The third-order valence-electron chi connectivity index (χ3n) is 2.75. The lowest BCUT2D eigenvalue weighted by molar-refractivity contribution is -0.121. The summed E-state index contributed by atoms with van der Waals surface area (Å²) in [7, 11) is 1.48. The van der Waals surface area contributed by atoms with Crippen LogP contribution in [0.25, 0.3) is 6.08 Å². The van der Waals surface area contributed by atoms with Crippen LogP contribution in [-0.2, 0) is 4.79 Å². The van der Waals surface area contributed by atoms with Gasteiger partial charge in [0.25, 0.3) is 5.91 Å². The number of hydrogen-bond donors (Lipinski definition) is 1. The maximum Gasteiger partial charge on any atom is 0.266 e. The van der Waals surface area contributed by atoms with E-state index in [-0.39, 0.29) is 11.7 Å². The van der Waals surface area contributed by atoms with E-state index in [9.17, 15) is 9.90 Å². The van der Waals surface area contributed by atoms with E-state index < -0.39 is 0 Å². The average molecular weight is 433 g/mol. The Balaban J connectivity index is 2.37. The van der Waals surface area contributed by atoms with Gasteiger partial charge < -0.3 is 9.84 Å². The molecular formula is C14H12INO3S2. The lowest BCUT2D eigenvalue weighted by Crippen LogP contribution is -2.27. The zero-order chi connectivity index (χ0) is 15.6. The molecule has 0 aromatic heterocycles. The Morgan fingerprint density at radius 3 is 2.90 bits per heavy atom. The zero-order valence-corrected chi connectivity index (χ0v) is 14.9. The topological polar surface area (TPSA) is 49.8 Å². The quantitative estimate of drug-likeness (QED) is 0.342. The van der Waals surface area contributed by atoms with Gasteiger partial charge in [-0.25, -0.2) is 0 Å². The number of phenols is 1. The fourth-order valence-corrected chi connectivity index (χ4v) is 3.67. The Hall–Kier alpha value is -1.06. The number of nitrogens with zero attached hydrogens (tertiary/aromatic N) is 1. The highest BCUT2D eigenvalue weighted by Gasteiger charge is 2.31. The number of halogens is 1. The molecule has 0 unspecified atom stereocenters. The van der Waals surface area contributed by atoms with E-state index in [4.69, 9.17) is 17.0 Å². The molecule has 1 aliphatic rings. The molecule has 110 valence electrons. The molecular weight excluding hydrogens is 421 g/mol. The van der Waals surface area contributed by atoms with E-state index in [0.717, 1.165) is 5.56 Å². The summed E-state index contributed by atoms with van der Waals surface area (Å²) >= 11 is 8.45. The van der Waals surface area contributed by atoms with Gasteiger partial charge in [-0.05, 0) is 46.4 Å². The number of ether oxygens (including phenoxy) is 1. The van der Waals surface area contributed by atoms with Crippen LogP contribution < -0.4 is 4.74 Å². The molecule has 1 fully saturated rings. The number of carbonyl (C=O) groups excluding carboxylic acids is 1. The summed E-state index contributed by atoms with van der Waals surface area (Å²) in [6, 6.07) is 3.45. The van der Waals surface area contributed by atoms with Crippen LogP contribution in [0.5, 0.6) is 11.5 Å². The highest BCUT2D eigenvalue weighted by Crippen LogP contribution is 2.36. The van der Waals surface area contributed by atoms with Gasteiger partial charge in [-0.1, -0.05) is 30.1 Å². The van der Waals surface area contributed by atoms with Gasteiger partial charge in [0.1, 0.15) is 4.32 Å². The van der Waals surface area contributed by atoms with Crippen LogP contribution >= 0.6 is 46.6 Å². The van der Waals surface area contributed by atoms with Crippen LogP contribution in [0.15, 0.2) is 29.7 Å². The fourth-order valence-electron chi connectivity index (χ4n) is 1.77. The number of methoxy groups -OCH3 is 1. The van der Waals surface area contributed by atoms with Crippen LogP contribution in [0, 0.1) is 3.57 Å². The summed E-state index contributed by atoms with van der Waals surface area (Å²) in [5.41, 5.74) is 0.771. The summed E-state index contributed by atoms with van der Waals surface area (Å²) in [6.07, 6.45) is 3.38. The number of aromatic hydroxyl groups is 1. The highest BCUT2D eigenvalue weighted by molar-refractivity contribution is 14.1. The van der Waals surface area contributed by atoms with Gasteiger partial charge >= 0.3 is 0 Å². The standard InChI is InChI=1S/C14H12INO3S2/c1-3-4-16-13(18)11(21-14(16)20)7-8-5-9(15)12(17)10(6-8)19-2/h3,5-7,17H,1,4H2,2H3/b11-7-. The molecule has 1 N–H and O–H groups in total. The molecule has 0 bridgehead atoms. The minimum Gasteiger partial charge on any atom is -0.504 e. The Kier molecular flexibility index (Phi) is 5.28. The van der Waals surface area contributed by atoms with E-state index >= 15 is 0 Å². The molecule has 21 heavy (non-hydrogen) atoms. The summed E-state index contributed by atoms with van der Waals surface area (Å²) in [4.78, 5) is 14.3. The highest BCUT2D eigenvalue weighted by atomic mass is 127. The van der Waals surface area contributed by atoms with Gasteiger partial charge in [-0.2, -0.15) is 0 Å². The molecule has 7 heteroatoms. The monoisotopic (exact) mass is 433 g/mol. The van der Waals surface area contributed by atoms with Gasteiger partial charge in [0, 0.05) is 6.54 Å². The fraction of sp³-hybridized carbons (Fsp3) is 0.143. The molecule has 1 saturated heterocycles. The second-order valence-corrected chi connectivity index (χ2v) is 6.97. The predicted octanol–water partition coefficient (Wildman–Crippen LogP) is 3.39. The Bertz CT molecular complexity index is 658. The maximum absolute atomic E-state index is 12.2. The van der Waals surface area contributed by atoms with E-state index in [1.54, 1.807) is 24.3 Å². The molecule has 1 amide bonds. The van der Waals surface area contributed by atoms with Gasteiger partial charge in [0.15, 0.2) is 11.5 Å². The lowest BCUT2D eigenvalue weighted by Gasteiger charge is -2.10. The van der Waals surface area contributed by atoms with Crippen molar-refractivity contribution >= 4 is 62.9 Å². The van der Waals surface area contributed by atoms with E-state index in [1.165, 1.54) is 23.8 Å². The third-order valence-corrected chi connectivity index (χ3v) is 4.95. The molecule has 1 aliphatic heterocycles. The number of benzene rings is 1. The average Bonchev–Trinajstić information content (AvgIpc) is 2.70. The van der Waals surface area contributed by atoms with Crippen molar-refractivity contribution in [3.05, 3.63) is 38.8 Å². The second-order valence-electron chi connectivity index (χ2n) is 4.13. The zero-order valence-electron chi connectivity index (χ0n) is 11.1. The molecule has 4 nitrogen and oxygen atoms in total. The summed E-state index contributed by atoms with van der Waals surface area (Å²) in [6.45, 7) is 4.02. The van der Waals surface area contributed by atoms with Crippen LogP contribution in [-0.4, -0.2) is 33.9 Å². The van der Waals surface area contributed by atoms with E-state index in [1.807, 2.05) is 22.6 Å². The molecule has 0 spiro atoms. The second kappa shape index (κ2) is 6.80. The Labute approximate surface area is 146 Å². The van der Waals surface area contributed by atoms with Crippen molar-refractivity contribution < 1.29 is 14.6 Å². The van der Waals surface area contributed by atoms with E-state index in [2.05, 4.69) is 6.58 Å². The first-order valence-corrected chi connectivity index (χ1v) is 8.21. The Morgan fingerprint density at radius 2 is 2.29 bits per heavy atom. The largest absolute Gasteiger partial charge is 0.504 e. The van der Waals surface area contributed by atoms with Gasteiger partial charge in [-0.15, -0.1) is 6.58 Å². The van der Waals surface area contributed by atoms with Gasteiger partial charge in [0.2, 0.25) is 0 Å². The lowest BCUT2D eigenvalue weighted by atomic mass is 10.2. The number of hydrogen-bond acceptors (Lipinski definition) is 5. The molecule has 1 aromatic rings. The summed E-state index contributed by atoms with van der Waals surface area (Å²) < 4.78 is 6.29. The maximum atomic E-state index is 12.2. The minimum atomic E-state index is -0.132. The van der Waals surface area contributed by atoms with Crippen LogP contribution in [0.2, 0.25) is 0 Å². The molecule has 0 aliphatic carbocycles. The number of thioether (sulfide) groups is 1. The number of carbonyl (C=O) groups is 1. The van der Waals surface area contributed by atoms with Gasteiger partial charge in [-0.3, -0.25) is 9.69 Å². The number of rotatable bonds is 4. The summed E-state index contributed by atoms with van der Waals surface area (Å²) in [5.74, 6) is 0.330. The molecule has 1 aromatic carbocycles. The molecule has 1 heterocycles. The van der Waals surface area contributed by atoms with Crippen molar-refractivity contribution in [3.63, 3.8) is 0 Å². The smallest absolute Gasteiger partial charge is 0.266 e. The minimum absolute atomic E-state index is 0.0921. The van der Waals surface area contributed by atoms with Crippen molar-refractivity contribution in [2.75, 3.05) is 13.7 Å². The first-order chi connectivity index (χ1) is 9.97. The van der Waals surface area contributed by atoms with Crippen molar-refractivity contribution in [2.45, 2.75) is 0 Å². The SMILES string of the molecule is C=CCN1C(=O)/C(=C/c2cc(I)c(O)c(OC)c2)SC1=S. The third kappa shape index (κ3) is 3.41. The number of thiocarbonyl (C=S) groups is 1. The predicted molar refractivity (Wildman–Crippen MR) is 97.5 cm³/mol. The number of phenolic OH excluding ortho intramolecular Hbond substituents is 1. The number of amides is 1. The van der Waals surface area contributed by atoms with E-state index in [0.29, 0.717) is 25.1 Å². The van der Waals surface area contributed by atoms with Crippen molar-refractivity contribution in [2.24, 2.45) is 0 Å². The van der Waals surface area contributed by atoms with Crippen molar-refractivity contribution in [3.8, 4) is 11.5 Å². The molecule has 0 atom stereocenters. The van der Waals surface area contributed by atoms with Crippen molar-refractivity contribution in [1.82, 2.24) is 4.90 Å². The molecule has 0 saturated carbocycles. The first kappa shape index (κ1) is 16.3. The first-order valence-electron chi connectivity index (χ1n) is 5.90. The van der Waals surface area contributed by atoms with Crippen LogP contribution in [0.1, 0.15) is 5.56 Å². The van der Waals surface area contributed by atoms with Crippen molar-refractivity contribution in [1.29, 1.82) is 0 Å². The van der Waals surface area contributed by atoms with Crippen LogP contribution in [0.4, 0.5) is 0 Å². The van der Waals surface area contributed by atoms with Crippen LogP contribution in [0.3, 0.4) is 0 Å². The normalized spacial score (nSPS) is 16.7.